The minimum atomic E-state index is -0.0752. The summed E-state index contributed by atoms with van der Waals surface area (Å²) < 4.78 is 0. The lowest BCUT2D eigenvalue weighted by Crippen LogP contribution is -2.35. The van der Waals surface area contributed by atoms with Crippen molar-refractivity contribution in [2.24, 2.45) is 0 Å². The molecule has 0 spiro atoms. The van der Waals surface area contributed by atoms with Gasteiger partial charge in [0.15, 0.2) is 5.82 Å². The average molecular weight is 383 g/mol. The topological polar surface area (TPSA) is 78.0 Å². The molecule has 1 aliphatic rings. The van der Waals surface area contributed by atoms with Gasteiger partial charge in [0.05, 0.1) is 11.9 Å². The summed E-state index contributed by atoms with van der Waals surface area (Å²) in [6, 6.07) is 9.68. The summed E-state index contributed by atoms with van der Waals surface area (Å²) in [5.41, 5.74) is 2.36. The summed E-state index contributed by atoms with van der Waals surface area (Å²) in [4.78, 5) is 24.7. The highest BCUT2D eigenvalue weighted by molar-refractivity contribution is 6.30. The second kappa shape index (κ2) is 7.75. The molecule has 8 heteroatoms. The molecule has 2 aromatic heterocycles. The van der Waals surface area contributed by atoms with E-state index in [4.69, 9.17) is 11.6 Å². The van der Waals surface area contributed by atoms with Crippen LogP contribution in [0, 0.1) is 0 Å². The fraction of sp³-hybridized carbons (Fsp3) is 0.263. The molecule has 27 heavy (non-hydrogen) atoms. The maximum absolute atomic E-state index is 12.6. The molecule has 4 rings (SSSR count). The molecular weight excluding hydrogens is 364 g/mol. The van der Waals surface area contributed by atoms with E-state index in [0.29, 0.717) is 23.8 Å². The second-order valence-corrected chi connectivity index (χ2v) is 6.81. The normalized spacial score (nSPS) is 14.9. The van der Waals surface area contributed by atoms with Gasteiger partial charge in [0.1, 0.15) is 5.69 Å². The first-order chi connectivity index (χ1) is 13.2. The van der Waals surface area contributed by atoms with Gasteiger partial charge < -0.3 is 9.80 Å². The standard InChI is InChI=1S/C19H19ClN6O/c20-15-4-2-14(3-5-15)16-12-18(24-23-16)25-8-1-9-26(11-10-25)19(27)17-13-21-6-7-22-17/h2-7,12-13H,1,8-11H2,(H,23,24). The number of amides is 1. The van der Waals surface area contributed by atoms with E-state index in [1.54, 1.807) is 12.4 Å². The third-order valence-electron chi connectivity index (χ3n) is 4.61. The Balaban J connectivity index is 1.44. The summed E-state index contributed by atoms with van der Waals surface area (Å²) in [6.07, 6.45) is 5.49. The highest BCUT2D eigenvalue weighted by Crippen LogP contribution is 2.24. The molecular formula is C19H19ClN6O. The van der Waals surface area contributed by atoms with Crippen LogP contribution in [0.1, 0.15) is 16.9 Å². The zero-order chi connectivity index (χ0) is 18.6. The number of H-pyrrole nitrogens is 1. The Bertz CT molecular complexity index is 911. The molecule has 1 aromatic carbocycles. The first-order valence-corrected chi connectivity index (χ1v) is 9.20. The third-order valence-corrected chi connectivity index (χ3v) is 4.86. The number of aromatic nitrogens is 4. The molecule has 3 aromatic rings. The van der Waals surface area contributed by atoms with Gasteiger partial charge in [-0.05, 0) is 24.1 Å². The summed E-state index contributed by atoms with van der Waals surface area (Å²) in [5, 5.41) is 8.24. The number of benzene rings is 1. The zero-order valence-electron chi connectivity index (χ0n) is 14.7. The van der Waals surface area contributed by atoms with Crippen LogP contribution in [0.3, 0.4) is 0 Å². The second-order valence-electron chi connectivity index (χ2n) is 6.37. The predicted molar refractivity (Wildman–Crippen MR) is 104 cm³/mol. The van der Waals surface area contributed by atoms with Gasteiger partial charge in [0.25, 0.3) is 5.91 Å². The van der Waals surface area contributed by atoms with Crippen LogP contribution < -0.4 is 4.90 Å². The van der Waals surface area contributed by atoms with E-state index < -0.39 is 0 Å². The smallest absolute Gasteiger partial charge is 0.274 e. The Morgan fingerprint density at radius 2 is 1.93 bits per heavy atom. The molecule has 0 unspecified atom stereocenters. The van der Waals surface area contributed by atoms with Crippen molar-refractivity contribution in [2.75, 3.05) is 31.1 Å². The minimum Gasteiger partial charge on any atom is -0.353 e. The van der Waals surface area contributed by atoms with Gasteiger partial charge >= 0.3 is 0 Å². The first-order valence-electron chi connectivity index (χ1n) is 8.82. The van der Waals surface area contributed by atoms with Crippen molar-refractivity contribution >= 4 is 23.3 Å². The molecule has 1 aliphatic heterocycles. The van der Waals surface area contributed by atoms with Crippen LogP contribution in [0.15, 0.2) is 48.9 Å². The summed E-state index contributed by atoms with van der Waals surface area (Å²) in [7, 11) is 0. The Morgan fingerprint density at radius 3 is 2.70 bits per heavy atom. The molecule has 1 saturated heterocycles. The number of aromatic amines is 1. The van der Waals surface area contributed by atoms with E-state index in [2.05, 4.69) is 25.1 Å². The summed E-state index contributed by atoms with van der Waals surface area (Å²) >= 11 is 5.95. The molecule has 0 radical (unpaired) electrons. The molecule has 3 heterocycles. The van der Waals surface area contributed by atoms with Gasteiger partial charge in [-0.25, -0.2) is 4.98 Å². The van der Waals surface area contributed by atoms with Crippen LogP contribution in [0.25, 0.3) is 11.3 Å². The van der Waals surface area contributed by atoms with Crippen LogP contribution >= 0.6 is 11.6 Å². The lowest BCUT2D eigenvalue weighted by molar-refractivity contribution is 0.0760. The largest absolute Gasteiger partial charge is 0.353 e. The third kappa shape index (κ3) is 3.93. The van der Waals surface area contributed by atoms with E-state index in [-0.39, 0.29) is 5.91 Å². The maximum Gasteiger partial charge on any atom is 0.274 e. The van der Waals surface area contributed by atoms with Crippen LogP contribution in [0.2, 0.25) is 5.02 Å². The van der Waals surface area contributed by atoms with E-state index in [9.17, 15) is 4.79 Å². The lowest BCUT2D eigenvalue weighted by atomic mass is 10.1. The molecule has 0 bridgehead atoms. The summed E-state index contributed by atoms with van der Waals surface area (Å²) in [6.45, 7) is 2.88. The number of anilines is 1. The molecule has 0 aliphatic carbocycles. The van der Waals surface area contributed by atoms with Gasteiger partial charge in [-0.3, -0.25) is 14.9 Å². The monoisotopic (exact) mass is 382 g/mol. The van der Waals surface area contributed by atoms with E-state index in [1.807, 2.05) is 35.2 Å². The molecule has 0 saturated carbocycles. The zero-order valence-corrected chi connectivity index (χ0v) is 15.4. The van der Waals surface area contributed by atoms with Crippen LogP contribution in [0.4, 0.5) is 5.82 Å². The van der Waals surface area contributed by atoms with E-state index >= 15 is 0 Å². The Labute approximate surface area is 162 Å². The maximum atomic E-state index is 12.6. The van der Waals surface area contributed by atoms with E-state index in [1.165, 1.54) is 6.20 Å². The highest BCUT2D eigenvalue weighted by Gasteiger charge is 2.22. The van der Waals surface area contributed by atoms with Crippen molar-refractivity contribution in [3.63, 3.8) is 0 Å². The van der Waals surface area contributed by atoms with Crippen LogP contribution in [-0.4, -0.2) is 57.2 Å². The fourth-order valence-corrected chi connectivity index (χ4v) is 3.30. The van der Waals surface area contributed by atoms with Gasteiger partial charge in [-0.15, -0.1) is 0 Å². The number of hydrogen-bond donors (Lipinski definition) is 1. The van der Waals surface area contributed by atoms with Gasteiger partial charge in [-0.2, -0.15) is 5.10 Å². The molecule has 138 valence electrons. The molecule has 1 N–H and O–H groups in total. The van der Waals surface area contributed by atoms with E-state index in [0.717, 1.165) is 36.6 Å². The Morgan fingerprint density at radius 1 is 1.07 bits per heavy atom. The van der Waals surface area contributed by atoms with Gasteiger partial charge in [-0.1, -0.05) is 23.7 Å². The molecule has 1 amide bonds. The highest BCUT2D eigenvalue weighted by atomic mass is 35.5. The SMILES string of the molecule is O=C(c1cnccn1)N1CCCN(c2cc(-c3ccc(Cl)cc3)[nH]n2)CC1. The van der Waals surface area contributed by atoms with Crippen molar-refractivity contribution < 1.29 is 4.79 Å². The molecule has 7 nitrogen and oxygen atoms in total. The van der Waals surface area contributed by atoms with Crippen molar-refractivity contribution in [3.8, 4) is 11.3 Å². The average Bonchev–Trinajstić information content (AvgIpc) is 3.07. The fourth-order valence-electron chi connectivity index (χ4n) is 3.17. The number of hydrogen-bond acceptors (Lipinski definition) is 5. The van der Waals surface area contributed by atoms with Gasteiger partial charge in [0.2, 0.25) is 0 Å². The van der Waals surface area contributed by atoms with Crippen LogP contribution in [-0.2, 0) is 0 Å². The number of halogens is 1. The van der Waals surface area contributed by atoms with Crippen molar-refractivity contribution in [1.82, 2.24) is 25.1 Å². The van der Waals surface area contributed by atoms with Crippen LogP contribution in [0.5, 0.6) is 0 Å². The lowest BCUT2D eigenvalue weighted by Gasteiger charge is -2.21. The number of carbonyl (C=O) groups is 1. The number of nitrogens with one attached hydrogen (secondary N) is 1. The Hall–Kier alpha value is -2.93. The number of nitrogens with zero attached hydrogens (tertiary/aromatic N) is 5. The summed E-state index contributed by atoms with van der Waals surface area (Å²) in [5.74, 6) is 0.808. The number of rotatable bonds is 3. The predicted octanol–water partition coefficient (Wildman–Crippen LogP) is 2.87. The molecule has 1 fully saturated rings. The van der Waals surface area contributed by atoms with Crippen molar-refractivity contribution in [1.29, 1.82) is 0 Å². The van der Waals surface area contributed by atoms with Gasteiger partial charge in [0, 0.05) is 49.7 Å². The van der Waals surface area contributed by atoms with Crippen molar-refractivity contribution in [2.45, 2.75) is 6.42 Å². The minimum absolute atomic E-state index is 0.0752. The quantitative estimate of drug-likeness (QED) is 0.753. The first kappa shape index (κ1) is 17.5. The Kier molecular flexibility index (Phi) is 5.02. The molecule has 0 atom stereocenters. The number of carbonyl (C=O) groups excluding carboxylic acids is 1. The van der Waals surface area contributed by atoms with Crippen molar-refractivity contribution in [3.05, 3.63) is 59.6 Å².